The Bertz CT molecular complexity index is 565. The van der Waals surface area contributed by atoms with Gasteiger partial charge >= 0.3 is 0 Å². The van der Waals surface area contributed by atoms with Crippen molar-refractivity contribution in [2.75, 3.05) is 0 Å². The summed E-state index contributed by atoms with van der Waals surface area (Å²) < 4.78 is 52.6. The van der Waals surface area contributed by atoms with Gasteiger partial charge in [-0.1, -0.05) is 47.8 Å². The van der Waals surface area contributed by atoms with E-state index in [1.165, 1.54) is 0 Å². The predicted molar refractivity (Wildman–Crippen MR) is 70.6 cm³/mol. The van der Waals surface area contributed by atoms with Gasteiger partial charge < -0.3 is 0 Å². The second-order valence-electron chi connectivity index (χ2n) is 3.21. The van der Waals surface area contributed by atoms with E-state index < -0.39 is 26.5 Å². The number of hydrogen-bond acceptors (Lipinski definition) is 0. The molecule has 0 fully saturated rings. The summed E-state index contributed by atoms with van der Waals surface area (Å²) in [6.07, 6.45) is 0. The van der Waals surface area contributed by atoms with E-state index in [1.807, 2.05) is 0 Å². The number of benzene rings is 1. The van der Waals surface area contributed by atoms with Crippen LogP contribution in [0.2, 0.25) is 0 Å². The fourth-order valence-electron chi connectivity index (χ4n) is 1.49. The van der Waals surface area contributed by atoms with Crippen molar-refractivity contribution < 1.29 is 17.6 Å². The first-order valence-electron chi connectivity index (χ1n) is 4.01. The molecule has 0 saturated carbocycles. The van der Waals surface area contributed by atoms with Crippen LogP contribution in [0, 0.1) is 23.3 Å². The van der Waals surface area contributed by atoms with Gasteiger partial charge in [0.1, 0.15) is 3.23 Å². The standard InChI is InChI=1S/C9Br4F4/c10-3-1-2(9(12,13)8(3)11)5(15)7(17)6(16)4(1)14. The number of fused-ring (bicyclic) bond motifs is 1. The van der Waals surface area contributed by atoms with Crippen LogP contribution in [0.4, 0.5) is 17.6 Å². The van der Waals surface area contributed by atoms with Crippen LogP contribution in [-0.2, 0) is 3.23 Å². The van der Waals surface area contributed by atoms with Crippen molar-refractivity contribution in [1.82, 2.24) is 0 Å². The van der Waals surface area contributed by atoms with Crippen molar-refractivity contribution in [2.45, 2.75) is 3.23 Å². The predicted octanol–water partition coefficient (Wildman–Crippen LogP) is 5.66. The molecule has 8 heteroatoms. The summed E-state index contributed by atoms with van der Waals surface area (Å²) in [6, 6.07) is 0. The van der Waals surface area contributed by atoms with Crippen molar-refractivity contribution in [3.05, 3.63) is 38.9 Å². The zero-order chi connectivity index (χ0) is 13.1. The molecule has 17 heavy (non-hydrogen) atoms. The molecule has 0 bridgehead atoms. The summed E-state index contributed by atoms with van der Waals surface area (Å²) in [5, 5.41) is 0. The fraction of sp³-hybridized carbons (Fsp3) is 0.111. The van der Waals surface area contributed by atoms with Gasteiger partial charge in [0, 0.05) is 20.1 Å². The summed E-state index contributed by atoms with van der Waals surface area (Å²) in [5.74, 6) is -6.56. The van der Waals surface area contributed by atoms with E-state index in [0.717, 1.165) is 0 Å². The van der Waals surface area contributed by atoms with Gasteiger partial charge in [0.2, 0.25) is 0 Å². The lowest BCUT2D eigenvalue weighted by atomic mass is 10.1. The summed E-state index contributed by atoms with van der Waals surface area (Å²) in [7, 11) is 0. The highest BCUT2D eigenvalue weighted by molar-refractivity contribution is 9.26. The molecule has 0 radical (unpaired) electrons. The van der Waals surface area contributed by atoms with Crippen molar-refractivity contribution in [3.63, 3.8) is 0 Å². The van der Waals surface area contributed by atoms with Crippen LogP contribution >= 0.6 is 63.7 Å². The second kappa shape index (κ2) is 4.31. The van der Waals surface area contributed by atoms with E-state index in [0.29, 0.717) is 0 Å². The molecule has 0 aliphatic heterocycles. The van der Waals surface area contributed by atoms with E-state index in [1.54, 1.807) is 0 Å². The third-order valence-corrected chi connectivity index (χ3v) is 7.24. The van der Waals surface area contributed by atoms with Gasteiger partial charge in [0.15, 0.2) is 23.3 Å². The quantitative estimate of drug-likeness (QED) is 0.186. The Labute approximate surface area is 127 Å². The molecular weight excluding hydrogens is 504 g/mol. The first-order chi connectivity index (χ1) is 7.71. The maximum atomic E-state index is 13.7. The number of halogens is 8. The lowest BCUT2D eigenvalue weighted by Crippen LogP contribution is -2.12. The van der Waals surface area contributed by atoms with E-state index in [2.05, 4.69) is 63.7 Å². The Morgan fingerprint density at radius 2 is 1.24 bits per heavy atom. The molecular formula is C9Br4F4. The SMILES string of the molecule is Fc1c(F)c(F)c2c(c1F)C(Br)=C(Br)C2(Br)Br. The van der Waals surface area contributed by atoms with Crippen LogP contribution in [0.1, 0.15) is 11.1 Å². The summed E-state index contributed by atoms with van der Waals surface area (Å²) >= 11 is 12.2. The highest BCUT2D eigenvalue weighted by atomic mass is 79.9. The summed E-state index contributed by atoms with van der Waals surface area (Å²) in [4.78, 5) is 0. The molecule has 0 aromatic heterocycles. The smallest absolute Gasteiger partial charge is 0.198 e. The number of alkyl halides is 2. The Hall–Kier alpha value is 0.600. The molecule has 1 aromatic carbocycles. The minimum absolute atomic E-state index is 0.108. The van der Waals surface area contributed by atoms with Crippen molar-refractivity contribution in [1.29, 1.82) is 0 Å². The highest BCUT2D eigenvalue weighted by Crippen LogP contribution is 2.60. The van der Waals surface area contributed by atoms with Gasteiger partial charge in [0.05, 0.1) is 0 Å². The highest BCUT2D eigenvalue weighted by Gasteiger charge is 2.46. The topological polar surface area (TPSA) is 0 Å². The van der Waals surface area contributed by atoms with Crippen LogP contribution in [0.15, 0.2) is 4.48 Å². The van der Waals surface area contributed by atoms with Crippen molar-refractivity contribution >= 4 is 68.2 Å². The van der Waals surface area contributed by atoms with Gasteiger partial charge in [-0.25, -0.2) is 17.6 Å². The lowest BCUT2D eigenvalue weighted by molar-refractivity contribution is 0.404. The minimum atomic E-state index is -1.84. The minimum Gasteiger partial charge on any atom is -0.203 e. The molecule has 0 saturated heterocycles. The van der Waals surface area contributed by atoms with Gasteiger partial charge in [-0.05, 0) is 15.9 Å². The average Bonchev–Trinajstić information content (AvgIpc) is 2.44. The second-order valence-corrected chi connectivity index (χ2v) is 8.24. The molecule has 0 atom stereocenters. The normalized spacial score (nSPS) is 17.6. The molecule has 92 valence electrons. The Morgan fingerprint density at radius 1 is 0.765 bits per heavy atom. The first-order valence-corrected chi connectivity index (χ1v) is 7.18. The number of allylic oxidation sites excluding steroid dienone is 1. The van der Waals surface area contributed by atoms with Crippen molar-refractivity contribution in [2.24, 2.45) is 0 Å². The first kappa shape index (κ1) is 14.0. The zero-order valence-corrected chi connectivity index (χ0v) is 13.9. The Morgan fingerprint density at radius 3 is 1.76 bits per heavy atom. The number of rotatable bonds is 0. The summed E-state index contributed by atoms with van der Waals surface area (Å²) in [6.45, 7) is 0. The Kier molecular flexibility index (Phi) is 3.56. The fourth-order valence-corrected chi connectivity index (χ4v) is 4.23. The van der Waals surface area contributed by atoms with Crippen LogP contribution in [0.3, 0.4) is 0 Å². The molecule has 1 aromatic rings. The van der Waals surface area contributed by atoms with E-state index in [9.17, 15) is 17.6 Å². The van der Waals surface area contributed by atoms with Crippen LogP contribution in [0.25, 0.3) is 4.48 Å². The molecule has 1 aliphatic carbocycles. The maximum absolute atomic E-state index is 13.7. The van der Waals surface area contributed by atoms with E-state index in [-0.39, 0.29) is 20.1 Å². The molecule has 0 spiro atoms. The third-order valence-electron chi connectivity index (χ3n) is 2.27. The largest absolute Gasteiger partial charge is 0.203 e. The monoisotopic (exact) mass is 500 g/mol. The molecule has 1 aliphatic rings. The van der Waals surface area contributed by atoms with Gasteiger partial charge in [-0.15, -0.1) is 0 Å². The van der Waals surface area contributed by atoms with E-state index in [4.69, 9.17) is 0 Å². The molecule has 0 unspecified atom stereocenters. The zero-order valence-electron chi connectivity index (χ0n) is 7.52. The van der Waals surface area contributed by atoms with Gasteiger partial charge in [0.25, 0.3) is 0 Å². The summed E-state index contributed by atoms with van der Waals surface area (Å²) in [5.41, 5.74) is -0.713. The van der Waals surface area contributed by atoms with Crippen LogP contribution in [0.5, 0.6) is 0 Å². The third kappa shape index (κ3) is 1.78. The van der Waals surface area contributed by atoms with Gasteiger partial charge in [-0.2, -0.15) is 0 Å². The molecule has 2 rings (SSSR count). The maximum Gasteiger partial charge on any atom is 0.198 e. The Balaban J connectivity index is 2.96. The molecule has 0 amide bonds. The van der Waals surface area contributed by atoms with Crippen molar-refractivity contribution in [3.8, 4) is 0 Å². The van der Waals surface area contributed by atoms with E-state index >= 15 is 0 Å². The molecule has 0 heterocycles. The lowest BCUT2D eigenvalue weighted by Gasteiger charge is -2.17. The number of hydrogen-bond donors (Lipinski definition) is 0. The molecule has 0 nitrogen and oxygen atoms in total. The van der Waals surface area contributed by atoms with Crippen LogP contribution in [-0.4, -0.2) is 0 Å². The molecule has 0 N–H and O–H groups in total. The van der Waals surface area contributed by atoms with Gasteiger partial charge in [-0.3, -0.25) is 0 Å². The van der Waals surface area contributed by atoms with Crippen LogP contribution < -0.4 is 0 Å². The average molecular weight is 504 g/mol.